The highest BCUT2D eigenvalue weighted by atomic mass is 16.4. The molecule has 0 fully saturated rings. The van der Waals surface area contributed by atoms with Gasteiger partial charge in [0.15, 0.2) is 0 Å². The summed E-state index contributed by atoms with van der Waals surface area (Å²) >= 11 is 0. The van der Waals surface area contributed by atoms with Gasteiger partial charge in [-0.15, -0.1) is 0 Å². The Bertz CT molecular complexity index is 258. The van der Waals surface area contributed by atoms with Crippen molar-refractivity contribution < 1.29 is 9.90 Å². The Morgan fingerprint density at radius 2 is 2.10 bits per heavy atom. The molecule has 2 N–H and O–H groups in total. The topological polar surface area (TPSA) is 63.0 Å². The molecule has 0 aliphatic heterocycles. The maximum atomic E-state index is 10.2. The molecule has 1 aromatic carbocycles. The number of nitrogens with two attached hydrogens (primary N) is 1. The van der Waals surface area contributed by atoms with Crippen molar-refractivity contribution in [2.24, 2.45) is 0 Å². The van der Waals surface area contributed by atoms with Crippen LogP contribution in [0.2, 0.25) is 0 Å². The minimum atomic E-state index is -1.20. The molecule has 0 aliphatic rings. The highest BCUT2D eigenvalue weighted by molar-refractivity contribution is 5.88. The lowest BCUT2D eigenvalue weighted by Crippen LogP contribution is -1.94. The Morgan fingerprint density at radius 1 is 1.40 bits per heavy atom. The highest BCUT2D eigenvalue weighted by Crippen LogP contribution is 2.05. The van der Waals surface area contributed by atoms with E-state index in [-0.39, 0.29) is 5.56 Å². The molecule has 0 amide bonds. The zero-order valence-electron chi connectivity index (χ0n) is 5.20. The first-order valence-corrected chi connectivity index (χ1v) is 2.77. The first-order chi connectivity index (χ1) is 4.70. The first kappa shape index (κ1) is 6.61. The normalized spacial score (nSPS) is 9.20. The molecule has 51 valence electrons. The summed E-state index contributed by atoms with van der Waals surface area (Å²) < 4.78 is 0. The van der Waals surface area contributed by atoms with Gasteiger partial charge in [-0.1, -0.05) is 6.07 Å². The van der Waals surface area contributed by atoms with Crippen LogP contribution < -0.4 is 5.73 Å². The number of anilines is 1. The number of hydrogen-bond acceptors (Lipinski definition) is 2. The molecule has 0 spiro atoms. The second kappa shape index (κ2) is 2.39. The van der Waals surface area contributed by atoms with Crippen LogP contribution in [0.1, 0.15) is 10.4 Å². The molecule has 0 saturated carbocycles. The van der Waals surface area contributed by atoms with Crippen LogP contribution in [0.15, 0.2) is 24.3 Å². The van der Waals surface area contributed by atoms with Gasteiger partial charge in [-0.05, 0) is 18.2 Å². The molecule has 0 aromatic heterocycles. The largest absolute Gasteiger partial charge is 0.399 e. The number of benzene rings is 1. The predicted molar refractivity (Wildman–Crippen MR) is 35.9 cm³/mol. The second-order valence-corrected chi connectivity index (χ2v) is 1.91. The van der Waals surface area contributed by atoms with Crippen LogP contribution in [-0.2, 0) is 5.11 Å². The Kier molecular flexibility index (Phi) is 1.58. The minimum Gasteiger partial charge on any atom is -0.399 e. The maximum absolute atomic E-state index is 10.2. The molecule has 1 radical (unpaired) electrons. The Balaban J connectivity index is 3.07. The summed E-state index contributed by atoms with van der Waals surface area (Å²) in [5, 5.41) is 10.2. The number of hydrogen-bond donors (Lipinski definition) is 1. The lowest BCUT2D eigenvalue weighted by atomic mass is 10.2. The zero-order chi connectivity index (χ0) is 7.56. The van der Waals surface area contributed by atoms with Crippen LogP contribution >= 0.6 is 0 Å². The number of nitrogen functional groups attached to an aromatic ring is 1. The lowest BCUT2D eigenvalue weighted by Gasteiger charge is -1.92. The number of carbonyl (C=O) groups is 1. The fourth-order valence-electron chi connectivity index (χ4n) is 0.666. The molecule has 3 nitrogen and oxygen atoms in total. The third-order valence-corrected chi connectivity index (χ3v) is 1.12. The van der Waals surface area contributed by atoms with Crippen LogP contribution in [-0.4, -0.2) is 5.97 Å². The molecule has 0 saturated heterocycles. The van der Waals surface area contributed by atoms with Crippen LogP contribution in [0.3, 0.4) is 0 Å². The van der Waals surface area contributed by atoms with Crippen molar-refractivity contribution in [1.82, 2.24) is 0 Å². The Labute approximate surface area is 58.1 Å². The van der Waals surface area contributed by atoms with Crippen molar-refractivity contribution >= 4 is 11.7 Å². The predicted octanol–water partition coefficient (Wildman–Crippen LogP) is 0.840. The van der Waals surface area contributed by atoms with E-state index in [1.807, 2.05) is 0 Å². The minimum absolute atomic E-state index is 0.111. The van der Waals surface area contributed by atoms with Gasteiger partial charge in [-0.3, -0.25) is 0 Å². The van der Waals surface area contributed by atoms with E-state index in [1.165, 1.54) is 12.1 Å². The van der Waals surface area contributed by atoms with Crippen LogP contribution in [0, 0.1) is 0 Å². The summed E-state index contributed by atoms with van der Waals surface area (Å²) in [4.78, 5) is 10.2. The molecule has 1 rings (SSSR count). The van der Waals surface area contributed by atoms with Crippen LogP contribution in [0.5, 0.6) is 0 Å². The maximum Gasteiger partial charge on any atom is 0.386 e. The molecule has 0 unspecified atom stereocenters. The molecule has 0 aliphatic carbocycles. The average Bonchev–Trinajstić information content (AvgIpc) is 1.88. The molecular weight excluding hydrogens is 130 g/mol. The molecule has 3 heteroatoms. The number of carbonyl (C=O) groups excluding carboxylic acids is 1. The van der Waals surface area contributed by atoms with Crippen molar-refractivity contribution in [3.8, 4) is 0 Å². The highest BCUT2D eigenvalue weighted by Gasteiger charge is 2.02. The van der Waals surface area contributed by atoms with Crippen molar-refractivity contribution in [2.75, 3.05) is 5.73 Å². The Morgan fingerprint density at radius 3 is 2.50 bits per heavy atom. The summed E-state index contributed by atoms with van der Waals surface area (Å²) in [6.45, 7) is 0. The van der Waals surface area contributed by atoms with E-state index in [0.717, 1.165) is 0 Å². The fraction of sp³-hybridized carbons (Fsp3) is 0. The van der Waals surface area contributed by atoms with Gasteiger partial charge < -0.3 is 5.73 Å². The van der Waals surface area contributed by atoms with Gasteiger partial charge in [0.1, 0.15) is 0 Å². The van der Waals surface area contributed by atoms with E-state index in [4.69, 9.17) is 5.73 Å². The van der Waals surface area contributed by atoms with Gasteiger partial charge >= 0.3 is 5.97 Å². The van der Waals surface area contributed by atoms with E-state index in [2.05, 4.69) is 0 Å². The third kappa shape index (κ3) is 1.25. The molecule has 0 heterocycles. The van der Waals surface area contributed by atoms with Crippen LogP contribution in [0.4, 0.5) is 5.69 Å². The van der Waals surface area contributed by atoms with Crippen molar-refractivity contribution in [2.45, 2.75) is 0 Å². The van der Waals surface area contributed by atoms with Gasteiger partial charge in [-0.25, -0.2) is 9.90 Å². The van der Waals surface area contributed by atoms with E-state index < -0.39 is 5.97 Å². The monoisotopic (exact) mass is 136 g/mol. The van der Waals surface area contributed by atoms with E-state index >= 15 is 0 Å². The molecular formula is C7H6NO2. The summed E-state index contributed by atoms with van der Waals surface area (Å²) in [5.74, 6) is -1.20. The van der Waals surface area contributed by atoms with E-state index in [1.54, 1.807) is 12.1 Å². The SMILES string of the molecule is Nc1cccc(C([O])=O)c1. The van der Waals surface area contributed by atoms with E-state index in [0.29, 0.717) is 5.69 Å². The summed E-state index contributed by atoms with van der Waals surface area (Å²) in [6.07, 6.45) is 0. The fourth-order valence-corrected chi connectivity index (χ4v) is 0.666. The molecule has 1 aromatic rings. The standard InChI is InChI=1S/C7H6NO2/c8-6-3-1-2-5(4-6)7(9)10/h1-4H,8H2. The molecule has 10 heavy (non-hydrogen) atoms. The van der Waals surface area contributed by atoms with E-state index in [9.17, 15) is 9.90 Å². The quantitative estimate of drug-likeness (QED) is 0.581. The van der Waals surface area contributed by atoms with Crippen molar-refractivity contribution in [3.05, 3.63) is 29.8 Å². The Hall–Kier alpha value is -1.51. The van der Waals surface area contributed by atoms with Gasteiger partial charge in [0.25, 0.3) is 0 Å². The van der Waals surface area contributed by atoms with Crippen LogP contribution in [0.25, 0.3) is 0 Å². The molecule has 0 atom stereocenters. The zero-order valence-corrected chi connectivity index (χ0v) is 5.20. The second-order valence-electron chi connectivity index (χ2n) is 1.91. The van der Waals surface area contributed by atoms with Gasteiger partial charge in [0.2, 0.25) is 0 Å². The summed E-state index contributed by atoms with van der Waals surface area (Å²) in [6, 6.07) is 5.98. The number of rotatable bonds is 1. The smallest absolute Gasteiger partial charge is 0.386 e. The third-order valence-electron chi connectivity index (χ3n) is 1.12. The van der Waals surface area contributed by atoms with Gasteiger partial charge in [0, 0.05) is 5.69 Å². The van der Waals surface area contributed by atoms with Gasteiger partial charge in [-0.2, -0.15) is 0 Å². The van der Waals surface area contributed by atoms with Crippen molar-refractivity contribution in [3.63, 3.8) is 0 Å². The molecule has 0 bridgehead atoms. The summed E-state index contributed by atoms with van der Waals surface area (Å²) in [7, 11) is 0. The summed E-state index contributed by atoms with van der Waals surface area (Å²) in [5.41, 5.74) is 5.85. The van der Waals surface area contributed by atoms with Gasteiger partial charge in [0.05, 0.1) is 5.56 Å². The average molecular weight is 136 g/mol. The first-order valence-electron chi connectivity index (χ1n) is 2.77. The lowest BCUT2D eigenvalue weighted by molar-refractivity contribution is 0.0573. The van der Waals surface area contributed by atoms with Crippen molar-refractivity contribution in [1.29, 1.82) is 0 Å².